The van der Waals surface area contributed by atoms with Gasteiger partial charge in [-0.15, -0.1) is 0 Å². The monoisotopic (exact) mass is 184 g/mol. The quantitative estimate of drug-likeness (QED) is 0.454. The molecule has 0 aromatic rings. The van der Waals surface area contributed by atoms with Gasteiger partial charge < -0.3 is 0 Å². The smallest absolute Gasteiger partial charge is 0.0320 e. The van der Waals surface area contributed by atoms with E-state index in [4.69, 9.17) is 0 Å². The van der Waals surface area contributed by atoms with Crippen molar-refractivity contribution in [2.75, 3.05) is 0 Å². The first kappa shape index (κ1) is 15.2. The van der Waals surface area contributed by atoms with Gasteiger partial charge in [0, 0.05) is 0 Å². The molecule has 0 spiro atoms. The summed E-state index contributed by atoms with van der Waals surface area (Å²) in [4.78, 5) is 0. The van der Waals surface area contributed by atoms with Crippen LogP contribution in [0.3, 0.4) is 0 Å². The molecule has 0 N–H and O–H groups in total. The van der Waals surface area contributed by atoms with E-state index in [2.05, 4.69) is 33.8 Å². The van der Waals surface area contributed by atoms with Crippen molar-refractivity contribution in [3.8, 4) is 0 Å². The first-order valence-electron chi connectivity index (χ1n) is 5.86. The SMILES string of the molecule is CC.CC1=CCC(C)CC1.CCC. The second-order valence-electron chi connectivity index (χ2n) is 3.64. The summed E-state index contributed by atoms with van der Waals surface area (Å²) < 4.78 is 0. The average Bonchev–Trinajstić information content (AvgIpc) is 2.15. The van der Waals surface area contributed by atoms with Gasteiger partial charge in [-0.25, -0.2) is 0 Å². The molecule has 80 valence electrons. The molecule has 0 radical (unpaired) electrons. The van der Waals surface area contributed by atoms with Crippen molar-refractivity contribution in [3.63, 3.8) is 0 Å². The third-order valence-electron chi connectivity index (χ3n) is 1.90. The standard InChI is InChI=1S/C8H14.C3H8.C2H6/c1-7-3-5-8(2)6-4-7;1-3-2;1-2/h3,8H,4-6H2,1-2H3;3H2,1-2H3;1-2H3. The zero-order valence-electron chi connectivity index (χ0n) is 10.5. The van der Waals surface area contributed by atoms with Gasteiger partial charge in [0.2, 0.25) is 0 Å². The summed E-state index contributed by atoms with van der Waals surface area (Å²) in [7, 11) is 0. The Hall–Kier alpha value is -0.260. The van der Waals surface area contributed by atoms with Crippen molar-refractivity contribution in [1.82, 2.24) is 0 Å². The highest BCUT2D eigenvalue weighted by Crippen LogP contribution is 2.21. The lowest BCUT2D eigenvalue weighted by Crippen LogP contribution is -1.98. The van der Waals surface area contributed by atoms with Crippen LogP contribution in [0.5, 0.6) is 0 Å². The minimum Gasteiger partial charge on any atom is -0.0853 e. The Labute approximate surface area is 85.4 Å². The Bertz CT molecular complexity index is 111. The van der Waals surface area contributed by atoms with Crippen LogP contribution in [0.25, 0.3) is 0 Å². The normalized spacial score (nSPS) is 20.2. The summed E-state index contributed by atoms with van der Waals surface area (Å²) in [5.74, 6) is 0.943. The second kappa shape index (κ2) is 11.7. The third kappa shape index (κ3) is 11.7. The third-order valence-corrected chi connectivity index (χ3v) is 1.90. The molecule has 0 fully saturated rings. The predicted octanol–water partition coefficient (Wildman–Crippen LogP) is 5.20. The Morgan fingerprint density at radius 1 is 1.31 bits per heavy atom. The predicted molar refractivity (Wildman–Crippen MR) is 64.1 cm³/mol. The highest BCUT2D eigenvalue weighted by atomic mass is 14.1. The first-order chi connectivity index (χ1) is 6.20. The molecule has 1 aliphatic rings. The molecule has 1 unspecified atom stereocenters. The summed E-state index contributed by atoms with van der Waals surface area (Å²) in [5.41, 5.74) is 1.59. The molecule has 1 atom stereocenters. The molecule has 0 amide bonds. The van der Waals surface area contributed by atoms with Crippen molar-refractivity contribution >= 4 is 0 Å². The van der Waals surface area contributed by atoms with Crippen molar-refractivity contribution < 1.29 is 0 Å². The van der Waals surface area contributed by atoms with E-state index in [1.165, 1.54) is 25.7 Å². The molecule has 0 saturated heterocycles. The van der Waals surface area contributed by atoms with Crippen molar-refractivity contribution in [2.45, 2.75) is 67.2 Å². The van der Waals surface area contributed by atoms with E-state index in [1.807, 2.05) is 13.8 Å². The van der Waals surface area contributed by atoms with Gasteiger partial charge in [-0.1, -0.05) is 52.7 Å². The molecule has 0 heteroatoms. The summed E-state index contributed by atoms with van der Waals surface area (Å²) in [6, 6.07) is 0. The van der Waals surface area contributed by atoms with Crippen LogP contribution in [0, 0.1) is 5.92 Å². The molecule has 1 rings (SSSR count). The zero-order valence-corrected chi connectivity index (χ0v) is 10.5. The fourth-order valence-electron chi connectivity index (χ4n) is 1.10. The number of hydrogen-bond donors (Lipinski definition) is 0. The minimum absolute atomic E-state index is 0.943. The fourth-order valence-corrected chi connectivity index (χ4v) is 1.10. The van der Waals surface area contributed by atoms with Gasteiger partial charge in [0.1, 0.15) is 0 Å². The van der Waals surface area contributed by atoms with Gasteiger partial charge >= 0.3 is 0 Å². The van der Waals surface area contributed by atoms with E-state index in [9.17, 15) is 0 Å². The summed E-state index contributed by atoms with van der Waals surface area (Å²) in [5, 5.41) is 0. The van der Waals surface area contributed by atoms with Crippen LogP contribution in [0.4, 0.5) is 0 Å². The van der Waals surface area contributed by atoms with Crippen LogP contribution < -0.4 is 0 Å². The van der Waals surface area contributed by atoms with Crippen molar-refractivity contribution in [3.05, 3.63) is 11.6 Å². The highest BCUT2D eigenvalue weighted by Gasteiger charge is 2.05. The van der Waals surface area contributed by atoms with Gasteiger partial charge in [0.25, 0.3) is 0 Å². The Morgan fingerprint density at radius 2 is 1.77 bits per heavy atom. The van der Waals surface area contributed by atoms with Crippen LogP contribution in [-0.2, 0) is 0 Å². The van der Waals surface area contributed by atoms with Crippen LogP contribution in [0.2, 0.25) is 0 Å². The molecule has 0 nitrogen and oxygen atoms in total. The molecule has 0 bridgehead atoms. The molecule has 0 aromatic heterocycles. The summed E-state index contributed by atoms with van der Waals surface area (Å²) in [6.45, 7) is 12.8. The average molecular weight is 184 g/mol. The molecule has 0 aliphatic heterocycles. The molecule has 0 saturated carbocycles. The molecule has 0 heterocycles. The Kier molecular flexibility index (Phi) is 13.7. The van der Waals surface area contributed by atoms with E-state index < -0.39 is 0 Å². The van der Waals surface area contributed by atoms with E-state index >= 15 is 0 Å². The number of hydrogen-bond acceptors (Lipinski definition) is 0. The van der Waals surface area contributed by atoms with E-state index in [0.29, 0.717) is 0 Å². The Morgan fingerprint density at radius 3 is 2.00 bits per heavy atom. The van der Waals surface area contributed by atoms with Gasteiger partial charge in [0.15, 0.2) is 0 Å². The lowest BCUT2D eigenvalue weighted by molar-refractivity contribution is 0.514. The van der Waals surface area contributed by atoms with E-state index in [0.717, 1.165) is 5.92 Å². The van der Waals surface area contributed by atoms with Crippen molar-refractivity contribution in [1.29, 1.82) is 0 Å². The topological polar surface area (TPSA) is 0 Å². The highest BCUT2D eigenvalue weighted by molar-refractivity contribution is 5.01. The van der Waals surface area contributed by atoms with Gasteiger partial charge in [-0.05, 0) is 32.1 Å². The lowest BCUT2D eigenvalue weighted by Gasteiger charge is -2.14. The summed E-state index contributed by atoms with van der Waals surface area (Å²) >= 11 is 0. The first-order valence-corrected chi connectivity index (χ1v) is 5.86. The van der Waals surface area contributed by atoms with E-state index in [-0.39, 0.29) is 0 Å². The van der Waals surface area contributed by atoms with E-state index in [1.54, 1.807) is 5.57 Å². The maximum absolute atomic E-state index is 2.37. The molecular weight excluding hydrogens is 156 g/mol. The number of allylic oxidation sites excluding steroid dienone is 2. The maximum atomic E-state index is 2.37. The Balaban J connectivity index is 0. The van der Waals surface area contributed by atoms with Gasteiger partial charge in [-0.2, -0.15) is 0 Å². The maximum Gasteiger partial charge on any atom is -0.0320 e. The zero-order chi connectivity index (χ0) is 10.7. The van der Waals surface area contributed by atoms with Gasteiger partial charge in [-0.3, -0.25) is 0 Å². The van der Waals surface area contributed by atoms with Gasteiger partial charge in [0.05, 0.1) is 0 Å². The molecular formula is C13H28. The largest absolute Gasteiger partial charge is 0.0853 e. The van der Waals surface area contributed by atoms with Crippen molar-refractivity contribution in [2.24, 2.45) is 5.92 Å². The summed E-state index contributed by atoms with van der Waals surface area (Å²) in [6.07, 6.45) is 7.67. The van der Waals surface area contributed by atoms with Crippen LogP contribution >= 0.6 is 0 Å². The molecule has 0 aromatic carbocycles. The van der Waals surface area contributed by atoms with Crippen LogP contribution in [0.1, 0.15) is 67.2 Å². The fraction of sp³-hybridized carbons (Fsp3) is 0.846. The number of rotatable bonds is 0. The second-order valence-corrected chi connectivity index (χ2v) is 3.64. The van der Waals surface area contributed by atoms with Crippen LogP contribution in [-0.4, -0.2) is 0 Å². The molecule has 1 aliphatic carbocycles. The minimum atomic E-state index is 0.943. The van der Waals surface area contributed by atoms with Crippen LogP contribution in [0.15, 0.2) is 11.6 Å². The molecule has 13 heavy (non-hydrogen) atoms. The lowest BCUT2D eigenvalue weighted by atomic mass is 9.92.